The molecule has 0 radical (unpaired) electrons. The van der Waals surface area contributed by atoms with Gasteiger partial charge in [-0.25, -0.2) is 4.98 Å². The van der Waals surface area contributed by atoms with Gasteiger partial charge in [0.25, 0.3) is 0 Å². The number of halogens is 1. The molecule has 1 aliphatic heterocycles. The summed E-state index contributed by atoms with van der Waals surface area (Å²) in [5.41, 5.74) is 1.17. The van der Waals surface area contributed by atoms with Crippen LogP contribution in [0.15, 0.2) is 0 Å². The molecule has 0 bridgehead atoms. The van der Waals surface area contributed by atoms with Crippen LogP contribution >= 0.6 is 11.6 Å². The number of likely N-dealkylation sites (tertiary alicyclic amines) is 1. The number of unbranched alkanes of at least 4 members (excludes halogenated alkanes) is 1. The Morgan fingerprint density at radius 1 is 1.41 bits per heavy atom. The summed E-state index contributed by atoms with van der Waals surface area (Å²) in [7, 11) is 0. The fraction of sp³-hybridized carbons (Fsp3) is 0.824. The number of H-pyrrole nitrogens is 1. The molecule has 1 aliphatic carbocycles. The second-order valence-corrected chi connectivity index (χ2v) is 7.50. The average molecular weight is 326 g/mol. The molecule has 3 rings (SSSR count). The third kappa shape index (κ3) is 3.34. The molecule has 0 aromatic carbocycles. The summed E-state index contributed by atoms with van der Waals surface area (Å²) in [6.07, 6.45) is 8.81. The van der Waals surface area contributed by atoms with Crippen molar-refractivity contribution < 1.29 is 5.11 Å². The summed E-state index contributed by atoms with van der Waals surface area (Å²) in [5.74, 6) is 1.01. The van der Waals surface area contributed by atoms with E-state index in [1.807, 2.05) is 0 Å². The van der Waals surface area contributed by atoms with Gasteiger partial charge >= 0.3 is 0 Å². The van der Waals surface area contributed by atoms with E-state index < -0.39 is 0 Å². The van der Waals surface area contributed by atoms with Crippen molar-refractivity contribution >= 4 is 11.6 Å². The van der Waals surface area contributed by atoms with E-state index in [1.165, 1.54) is 32.1 Å². The molecule has 4 nitrogen and oxygen atoms in total. The van der Waals surface area contributed by atoms with Crippen LogP contribution in [-0.4, -0.2) is 39.2 Å². The van der Waals surface area contributed by atoms with Crippen LogP contribution < -0.4 is 0 Å². The monoisotopic (exact) mass is 325 g/mol. The van der Waals surface area contributed by atoms with Gasteiger partial charge in [-0.3, -0.25) is 4.90 Å². The minimum atomic E-state index is -0.118. The number of hydrogen-bond acceptors (Lipinski definition) is 3. The topological polar surface area (TPSA) is 52.1 Å². The van der Waals surface area contributed by atoms with Crippen molar-refractivity contribution in [3.63, 3.8) is 0 Å². The van der Waals surface area contributed by atoms with E-state index in [0.717, 1.165) is 50.4 Å². The van der Waals surface area contributed by atoms with Gasteiger partial charge in [-0.2, -0.15) is 0 Å². The van der Waals surface area contributed by atoms with Gasteiger partial charge < -0.3 is 10.1 Å². The van der Waals surface area contributed by atoms with Crippen LogP contribution in [0.2, 0.25) is 5.15 Å². The zero-order valence-electron chi connectivity index (χ0n) is 13.6. The summed E-state index contributed by atoms with van der Waals surface area (Å²) < 4.78 is 0. The molecule has 0 unspecified atom stereocenters. The second-order valence-electron chi connectivity index (χ2n) is 7.14. The third-order valence-electron chi connectivity index (χ3n) is 5.47. The highest BCUT2D eigenvalue weighted by Crippen LogP contribution is 2.45. The second kappa shape index (κ2) is 6.90. The minimum Gasteiger partial charge on any atom is -0.393 e. The average Bonchev–Trinajstić information content (AvgIpc) is 3.02. The van der Waals surface area contributed by atoms with Crippen molar-refractivity contribution in [1.82, 2.24) is 14.9 Å². The Labute approximate surface area is 138 Å². The summed E-state index contributed by atoms with van der Waals surface area (Å²) in [6, 6.07) is 0. The van der Waals surface area contributed by atoms with Crippen molar-refractivity contribution in [1.29, 1.82) is 0 Å². The predicted molar refractivity (Wildman–Crippen MR) is 89.0 cm³/mol. The van der Waals surface area contributed by atoms with Crippen molar-refractivity contribution in [2.24, 2.45) is 5.41 Å². The van der Waals surface area contributed by atoms with E-state index in [4.69, 9.17) is 11.6 Å². The van der Waals surface area contributed by atoms with Crippen molar-refractivity contribution in [2.45, 2.75) is 70.9 Å². The van der Waals surface area contributed by atoms with Crippen LogP contribution in [0.4, 0.5) is 0 Å². The maximum atomic E-state index is 10.4. The van der Waals surface area contributed by atoms with Crippen LogP contribution in [0.3, 0.4) is 0 Å². The van der Waals surface area contributed by atoms with Crippen LogP contribution in [-0.2, 0) is 13.0 Å². The quantitative estimate of drug-likeness (QED) is 0.870. The first-order chi connectivity index (χ1) is 10.6. The highest BCUT2D eigenvalue weighted by atomic mass is 35.5. The van der Waals surface area contributed by atoms with Gasteiger partial charge in [-0.1, -0.05) is 31.4 Å². The Bertz CT molecular complexity index is 504. The Kier molecular flexibility index (Phi) is 5.10. The predicted octanol–water partition coefficient (Wildman–Crippen LogP) is 3.53. The largest absolute Gasteiger partial charge is 0.393 e. The zero-order chi connectivity index (χ0) is 15.6. The van der Waals surface area contributed by atoms with Crippen molar-refractivity contribution in [3.05, 3.63) is 16.7 Å². The highest BCUT2D eigenvalue weighted by molar-refractivity contribution is 6.30. The molecule has 124 valence electrons. The van der Waals surface area contributed by atoms with E-state index in [1.54, 1.807) is 0 Å². The number of aryl methyl sites for hydroxylation is 1. The summed E-state index contributed by atoms with van der Waals surface area (Å²) in [6.45, 7) is 5.10. The molecular formula is C17H28ClN3O. The third-order valence-corrected chi connectivity index (χ3v) is 5.79. The lowest BCUT2D eigenvalue weighted by atomic mass is 9.76. The van der Waals surface area contributed by atoms with Gasteiger partial charge in [-0.15, -0.1) is 0 Å². The SMILES string of the molecule is CCCCc1nc(Cl)c(CN2CCC[C@]3(CCC[C@H]3O)C2)[nH]1. The van der Waals surface area contributed by atoms with E-state index in [9.17, 15) is 5.11 Å². The molecular weight excluding hydrogens is 298 g/mol. The molecule has 2 aliphatic rings. The van der Waals surface area contributed by atoms with Crippen LogP contribution in [0.1, 0.15) is 63.4 Å². The van der Waals surface area contributed by atoms with E-state index >= 15 is 0 Å². The Morgan fingerprint density at radius 3 is 2.95 bits per heavy atom. The fourth-order valence-electron chi connectivity index (χ4n) is 4.22. The first-order valence-electron chi connectivity index (χ1n) is 8.76. The number of aromatic nitrogens is 2. The molecule has 1 aromatic rings. The number of rotatable bonds is 5. The molecule has 1 saturated carbocycles. The lowest BCUT2D eigenvalue weighted by molar-refractivity contribution is -0.0123. The van der Waals surface area contributed by atoms with Gasteiger partial charge in [0.15, 0.2) is 5.15 Å². The summed E-state index contributed by atoms with van der Waals surface area (Å²) in [5, 5.41) is 11.0. The van der Waals surface area contributed by atoms with Crippen LogP contribution in [0.5, 0.6) is 0 Å². The van der Waals surface area contributed by atoms with Gasteiger partial charge in [0.2, 0.25) is 0 Å². The molecule has 2 atom stereocenters. The Morgan fingerprint density at radius 2 is 2.23 bits per heavy atom. The zero-order valence-corrected chi connectivity index (χ0v) is 14.3. The van der Waals surface area contributed by atoms with Crippen molar-refractivity contribution in [3.8, 4) is 0 Å². The van der Waals surface area contributed by atoms with Crippen LogP contribution in [0, 0.1) is 5.41 Å². The first-order valence-corrected chi connectivity index (χ1v) is 9.14. The molecule has 1 aromatic heterocycles. The number of aliphatic hydroxyl groups is 1. The molecule has 22 heavy (non-hydrogen) atoms. The molecule has 2 fully saturated rings. The molecule has 0 amide bonds. The van der Waals surface area contributed by atoms with E-state index in [2.05, 4.69) is 21.8 Å². The maximum Gasteiger partial charge on any atom is 0.151 e. The van der Waals surface area contributed by atoms with Gasteiger partial charge in [0, 0.05) is 24.9 Å². The molecule has 5 heteroatoms. The lowest BCUT2D eigenvalue weighted by Gasteiger charge is -2.42. The maximum absolute atomic E-state index is 10.4. The van der Waals surface area contributed by atoms with E-state index in [-0.39, 0.29) is 11.5 Å². The highest BCUT2D eigenvalue weighted by Gasteiger charge is 2.44. The molecule has 2 heterocycles. The molecule has 1 spiro atoms. The lowest BCUT2D eigenvalue weighted by Crippen LogP contribution is -2.46. The number of piperidine rings is 1. The minimum absolute atomic E-state index is 0.118. The first kappa shape index (κ1) is 16.3. The summed E-state index contributed by atoms with van der Waals surface area (Å²) >= 11 is 6.30. The smallest absolute Gasteiger partial charge is 0.151 e. The van der Waals surface area contributed by atoms with Crippen molar-refractivity contribution in [2.75, 3.05) is 13.1 Å². The number of imidazole rings is 1. The number of nitrogens with one attached hydrogen (secondary N) is 1. The summed E-state index contributed by atoms with van der Waals surface area (Å²) in [4.78, 5) is 10.3. The Hall–Kier alpha value is -0.580. The van der Waals surface area contributed by atoms with E-state index in [0.29, 0.717) is 5.15 Å². The van der Waals surface area contributed by atoms with Gasteiger partial charge in [0.1, 0.15) is 5.82 Å². The number of aromatic amines is 1. The molecule has 2 N–H and O–H groups in total. The Balaban J connectivity index is 1.64. The van der Waals surface area contributed by atoms with Crippen LogP contribution in [0.25, 0.3) is 0 Å². The number of nitrogens with zero attached hydrogens (tertiary/aromatic N) is 2. The fourth-order valence-corrected chi connectivity index (χ4v) is 4.43. The molecule has 1 saturated heterocycles. The van der Waals surface area contributed by atoms with Gasteiger partial charge in [-0.05, 0) is 38.6 Å². The normalized spacial score (nSPS) is 29.5. The standard InChI is InChI=1S/C17H28ClN3O/c1-2-3-7-15-19-13(16(18)20-15)11-21-10-5-9-17(12-21)8-4-6-14(17)22/h14,22H,2-12H2,1H3,(H,19,20)/t14-,17-/m1/s1. The number of hydrogen-bond donors (Lipinski definition) is 2. The van der Waals surface area contributed by atoms with Gasteiger partial charge in [0.05, 0.1) is 11.8 Å². The number of aliphatic hydroxyl groups excluding tert-OH is 1.